The SMILES string of the molecule is Brc1ccsc1CNN1CCC1. The molecule has 2 heterocycles. The van der Waals surface area contributed by atoms with Gasteiger partial charge in [0.15, 0.2) is 0 Å². The number of nitrogens with zero attached hydrogens (tertiary/aromatic N) is 1. The molecule has 66 valence electrons. The summed E-state index contributed by atoms with van der Waals surface area (Å²) in [5.74, 6) is 0. The molecule has 2 nitrogen and oxygen atoms in total. The maximum Gasteiger partial charge on any atom is 0.0458 e. The first-order valence-electron chi connectivity index (χ1n) is 4.06. The molecule has 0 aliphatic carbocycles. The van der Waals surface area contributed by atoms with Crippen molar-refractivity contribution in [3.63, 3.8) is 0 Å². The first-order valence-corrected chi connectivity index (χ1v) is 5.74. The Labute approximate surface area is 84.7 Å². The van der Waals surface area contributed by atoms with Crippen LogP contribution in [0.5, 0.6) is 0 Å². The molecule has 1 fully saturated rings. The quantitative estimate of drug-likeness (QED) is 0.881. The lowest BCUT2D eigenvalue weighted by molar-refractivity contribution is 0.106. The van der Waals surface area contributed by atoms with Gasteiger partial charge in [-0.05, 0) is 33.8 Å². The van der Waals surface area contributed by atoms with Gasteiger partial charge in [-0.2, -0.15) is 0 Å². The van der Waals surface area contributed by atoms with Crippen molar-refractivity contribution in [3.05, 3.63) is 20.8 Å². The van der Waals surface area contributed by atoms with Crippen LogP contribution in [-0.2, 0) is 6.54 Å². The van der Waals surface area contributed by atoms with E-state index in [1.54, 1.807) is 11.3 Å². The summed E-state index contributed by atoms with van der Waals surface area (Å²) in [6.07, 6.45) is 1.33. The second-order valence-electron chi connectivity index (χ2n) is 2.87. The van der Waals surface area contributed by atoms with E-state index >= 15 is 0 Å². The smallest absolute Gasteiger partial charge is 0.0458 e. The molecule has 1 aromatic heterocycles. The number of hydrazine groups is 1. The summed E-state index contributed by atoms with van der Waals surface area (Å²) < 4.78 is 1.22. The van der Waals surface area contributed by atoms with Crippen molar-refractivity contribution >= 4 is 27.3 Å². The monoisotopic (exact) mass is 246 g/mol. The van der Waals surface area contributed by atoms with Crippen molar-refractivity contribution in [2.75, 3.05) is 13.1 Å². The van der Waals surface area contributed by atoms with E-state index in [0.717, 1.165) is 6.54 Å². The summed E-state index contributed by atoms with van der Waals surface area (Å²) in [7, 11) is 0. The lowest BCUT2D eigenvalue weighted by atomic mass is 10.3. The third-order valence-corrected chi connectivity index (χ3v) is 3.94. The van der Waals surface area contributed by atoms with Crippen LogP contribution in [0.3, 0.4) is 0 Å². The average molecular weight is 247 g/mol. The molecule has 0 radical (unpaired) electrons. The Morgan fingerprint density at radius 1 is 1.58 bits per heavy atom. The molecule has 0 bridgehead atoms. The Balaban J connectivity index is 1.82. The Morgan fingerprint density at radius 3 is 2.92 bits per heavy atom. The van der Waals surface area contributed by atoms with E-state index < -0.39 is 0 Å². The summed E-state index contributed by atoms with van der Waals surface area (Å²) in [6.45, 7) is 3.35. The zero-order chi connectivity index (χ0) is 8.39. The van der Waals surface area contributed by atoms with E-state index in [1.807, 2.05) is 0 Å². The van der Waals surface area contributed by atoms with Crippen molar-refractivity contribution in [2.24, 2.45) is 0 Å². The number of thiophene rings is 1. The minimum atomic E-state index is 0.957. The first-order chi connectivity index (χ1) is 5.86. The fraction of sp³-hybridized carbons (Fsp3) is 0.500. The van der Waals surface area contributed by atoms with E-state index in [9.17, 15) is 0 Å². The largest absolute Gasteiger partial charge is 0.250 e. The third kappa shape index (κ3) is 1.88. The highest BCUT2D eigenvalue weighted by atomic mass is 79.9. The highest BCUT2D eigenvalue weighted by Crippen LogP contribution is 2.22. The number of nitrogens with one attached hydrogen (secondary N) is 1. The predicted octanol–water partition coefficient (Wildman–Crippen LogP) is 2.22. The second kappa shape index (κ2) is 3.87. The number of hydrogen-bond donors (Lipinski definition) is 1. The van der Waals surface area contributed by atoms with Crippen LogP contribution >= 0.6 is 27.3 Å². The van der Waals surface area contributed by atoms with E-state index in [-0.39, 0.29) is 0 Å². The van der Waals surface area contributed by atoms with Gasteiger partial charge in [-0.3, -0.25) is 0 Å². The topological polar surface area (TPSA) is 15.3 Å². The van der Waals surface area contributed by atoms with Crippen LogP contribution in [0, 0.1) is 0 Å². The zero-order valence-corrected chi connectivity index (χ0v) is 9.12. The third-order valence-electron chi connectivity index (χ3n) is 2.01. The number of hydrogen-bond acceptors (Lipinski definition) is 3. The Morgan fingerprint density at radius 2 is 2.42 bits per heavy atom. The van der Waals surface area contributed by atoms with Crippen LogP contribution in [0.4, 0.5) is 0 Å². The van der Waals surface area contributed by atoms with Gasteiger partial charge in [-0.15, -0.1) is 11.3 Å². The zero-order valence-electron chi connectivity index (χ0n) is 6.72. The van der Waals surface area contributed by atoms with Crippen molar-refractivity contribution in [3.8, 4) is 0 Å². The molecule has 1 aliphatic rings. The molecule has 0 saturated carbocycles. The van der Waals surface area contributed by atoms with Crippen molar-refractivity contribution in [2.45, 2.75) is 13.0 Å². The molecule has 1 saturated heterocycles. The molecule has 4 heteroatoms. The van der Waals surface area contributed by atoms with Gasteiger partial charge >= 0.3 is 0 Å². The molecule has 1 aliphatic heterocycles. The second-order valence-corrected chi connectivity index (χ2v) is 4.72. The summed E-state index contributed by atoms with van der Waals surface area (Å²) in [6, 6.07) is 2.10. The molecular weight excluding hydrogens is 236 g/mol. The fourth-order valence-corrected chi connectivity index (χ4v) is 2.53. The molecule has 0 aromatic carbocycles. The highest BCUT2D eigenvalue weighted by Gasteiger charge is 2.13. The van der Waals surface area contributed by atoms with Gasteiger partial charge in [0.1, 0.15) is 0 Å². The summed E-state index contributed by atoms with van der Waals surface area (Å²) in [4.78, 5) is 1.38. The normalized spacial score (nSPS) is 17.8. The first kappa shape index (κ1) is 8.69. The van der Waals surface area contributed by atoms with Crippen molar-refractivity contribution in [1.82, 2.24) is 10.4 Å². The van der Waals surface area contributed by atoms with Gasteiger partial charge in [0.25, 0.3) is 0 Å². The standard InChI is InChI=1S/C8H11BrN2S/c9-7-2-5-12-8(7)6-10-11-3-1-4-11/h2,5,10H,1,3-4,6H2. The minimum absolute atomic E-state index is 0.957. The Kier molecular flexibility index (Phi) is 2.80. The lowest BCUT2D eigenvalue weighted by Gasteiger charge is -2.30. The van der Waals surface area contributed by atoms with Gasteiger partial charge in [-0.1, -0.05) is 0 Å². The van der Waals surface area contributed by atoms with Crippen molar-refractivity contribution in [1.29, 1.82) is 0 Å². The predicted molar refractivity (Wildman–Crippen MR) is 55.0 cm³/mol. The van der Waals surface area contributed by atoms with Gasteiger partial charge < -0.3 is 0 Å². The molecular formula is C8H11BrN2S. The van der Waals surface area contributed by atoms with Crippen LogP contribution in [0.2, 0.25) is 0 Å². The van der Waals surface area contributed by atoms with Crippen LogP contribution in [0.1, 0.15) is 11.3 Å². The van der Waals surface area contributed by atoms with Gasteiger partial charge in [0.2, 0.25) is 0 Å². The number of rotatable bonds is 3. The fourth-order valence-electron chi connectivity index (χ4n) is 1.11. The molecule has 0 spiro atoms. The molecule has 1 N–H and O–H groups in total. The minimum Gasteiger partial charge on any atom is -0.250 e. The Hall–Kier alpha value is 0.1000. The molecule has 1 aromatic rings. The van der Waals surface area contributed by atoms with E-state index in [2.05, 4.69) is 37.8 Å². The molecule has 12 heavy (non-hydrogen) atoms. The average Bonchev–Trinajstić information content (AvgIpc) is 2.33. The summed E-state index contributed by atoms with van der Waals surface area (Å²) in [5, 5.41) is 4.36. The van der Waals surface area contributed by atoms with E-state index in [0.29, 0.717) is 0 Å². The maximum atomic E-state index is 3.51. The lowest BCUT2D eigenvalue weighted by Crippen LogP contribution is -2.46. The van der Waals surface area contributed by atoms with Crippen LogP contribution in [0.25, 0.3) is 0 Å². The summed E-state index contributed by atoms with van der Waals surface area (Å²) in [5.41, 5.74) is 3.38. The molecule has 0 atom stereocenters. The molecule has 2 rings (SSSR count). The molecule has 0 amide bonds. The van der Waals surface area contributed by atoms with Crippen LogP contribution in [-0.4, -0.2) is 18.1 Å². The van der Waals surface area contributed by atoms with E-state index in [4.69, 9.17) is 0 Å². The Bertz CT molecular complexity index is 257. The van der Waals surface area contributed by atoms with Gasteiger partial charge in [0.05, 0.1) is 0 Å². The van der Waals surface area contributed by atoms with Crippen molar-refractivity contribution < 1.29 is 0 Å². The van der Waals surface area contributed by atoms with Crippen LogP contribution in [0.15, 0.2) is 15.9 Å². The van der Waals surface area contributed by atoms with E-state index in [1.165, 1.54) is 28.9 Å². The summed E-state index contributed by atoms with van der Waals surface area (Å²) >= 11 is 5.30. The maximum absolute atomic E-state index is 3.51. The van der Waals surface area contributed by atoms with Gasteiger partial charge in [-0.25, -0.2) is 10.4 Å². The number of halogens is 1. The van der Waals surface area contributed by atoms with Gasteiger partial charge in [0, 0.05) is 29.0 Å². The van der Waals surface area contributed by atoms with Crippen LogP contribution < -0.4 is 5.43 Å². The molecule has 0 unspecified atom stereocenters. The highest BCUT2D eigenvalue weighted by molar-refractivity contribution is 9.10.